The summed E-state index contributed by atoms with van der Waals surface area (Å²) >= 11 is 0. The zero-order valence-corrected chi connectivity index (χ0v) is 12.0. The summed E-state index contributed by atoms with van der Waals surface area (Å²) in [6.45, 7) is 0.531. The Kier molecular flexibility index (Phi) is 2.52. The van der Waals surface area contributed by atoms with Gasteiger partial charge < -0.3 is 23.9 Å². The summed E-state index contributed by atoms with van der Waals surface area (Å²) in [6.07, 6.45) is 1.80. The van der Waals surface area contributed by atoms with Crippen LogP contribution in [0, 0.1) is 0 Å². The molecule has 1 aromatic heterocycles. The molecule has 0 saturated heterocycles. The topological polar surface area (TPSA) is 65.6 Å². The van der Waals surface area contributed by atoms with E-state index in [1.54, 1.807) is 6.20 Å². The number of hydrogen-bond acceptors (Lipinski definition) is 5. The van der Waals surface area contributed by atoms with Gasteiger partial charge in [-0.1, -0.05) is 0 Å². The minimum absolute atomic E-state index is 0. The van der Waals surface area contributed by atoms with Gasteiger partial charge in [-0.15, -0.1) is 0 Å². The van der Waals surface area contributed by atoms with Gasteiger partial charge in [-0.25, -0.2) is 4.98 Å². The van der Waals surface area contributed by atoms with E-state index in [1.807, 2.05) is 36.4 Å². The molecule has 5 rings (SSSR count). The van der Waals surface area contributed by atoms with Crippen LogP contribution in [0.25, 0.3) is 22.6 Å². The van der Waals surface area contributed by atoms with Gasteiger partial charge in [0.2, 0.25) is 13.6 Å². The van der Waals surface area contributed by atoms with E-state index >= 15 is 0 Å². The summed E-state index contributed by atoms with van der Waals surface area (Å²) in [7, 11) is 0. The lowest BCUT2D eigenvalue weighted by atomic mass is 10.1. The van der Waals surface area contributed by atoms with E-state index in [-0.39, 0.29) is 15.0 Å². The average molecular weight is 310 g/mol. The monoisotopic (exact) mass is 310 g/mol. The predicted molar refractivity (Wildman–Crippen MR) is 83.8 cm³/mol. The van der Waals surface area contributed by atoms with E-state index in [0.29, 0.717) is 0 Å². The summed E-state index contributed by atoms with van der Waals surface area (Å²) < 4.78 is 21.5. The van der Waals surface area contributed by atoms with Crippen LogP contribution in [0.15, 0.2) is 42.6 Å². The summed E-state index contributed by atoms with van der Waals surface area (Å²) in [5, 5.41) is 0. The highest BCUT2D eigenvalue weighted by Crippen LogP contribution is 2.37. The third kappa shape index (κ3) is 1.99. The number of aromatic amines is 1. The second kappa shape index (κ2) is 4.67. The van der Waals surface area contributed by atoms with Crippen molar-refractivity contribution in [2.75, 3.05) is 13.6 Å². The SMILES string of the molecule is [HH].c1cc2c(cc1-c1cnc(-c3ccc4c(c3)OCO4)[nH]1)OCO2. The van der Waals surface area contributed by atoms with Gasteiger partial charge in [0, 0.05) is 12.6 Å². The van der Waals surface area contributed by atoms with Crippen molar-refractivity contribution >= 4 is 0 Å². The van der Waals surface area contributed by atoms with Gasteiger partial charge >= 0.3 is 0 Å². The molecule has 0 fully saturated rings. The molecule has 2 aromatic carbocycles. The number of rotatable bonds is 2. The van der Waals surface area contributed by atoms with Gasteiger partial charge in [-0.05, 0) is 36.4 Å². The first-order valence-electron chi connectivity index (χ1n) is 7.22. The Hall–Kier alpha value is -3.15. The Morgan fingerprint density at radius 2 is 1.39 bits per heavy atom. The van der Waals surface area contributed by atoms with Gasteiger partial charge in [0.25, 0.3) is 0 Å². The van der Waals surface area contributed by atoms with Crippen molar-refractivity contribution in [2.24, 2.45) is 0 Å². The fourth-order valence-corrected chi connectivity index (χ4v) is 2.72. The second-order valence-corrected chi connectivity index (χ2v) is 5.28. The van der Waals surface area contributed by atoms with Crippen LogP contribution in [0.2, 0.25) is 0 Å². The van der Waals surface area contributed by atoms with Crippen LogP contribution in [-0.4, -0.2) is 23.6 Å². The van der Waals surface area contributed by atoms with Crippen molar-refractivity contribution in [3.05, 3.63) is 42.6 Å². The van der Waals surface area contributed by atoms with E-state index in [1.165, 1.54) is 0 Å². The van der Waals surface area contributed by atoms with E-state index in [2.05, 4.69) is 9.97 Å². The van der Waals surface area contributed by atoms with E-state index in [9.17, 15) is 0 Å². The molecule has 0 amide bonds. The zero-order valence-electron chi connectivity index (χ0n) is 12.0. The first kappa shape index (κ1) is 12.4. The average Bonchev–Trinajstić information content (AvgIpc) is 3.32. The van der Waals surface area contributed by atoms with Crippen LogP contribution in [-0.2, 0) is 0 Å². The Morgan fingerprint density at radius 3 is 2.13 bits per heavy atom. The van der Waals surface area contributed by atoms with Crippen molar-refractivity contribution < 1.29 is 20.4 Å². The highest BCUT2D eigenvalue weighted by atomic mass is 16.7. The summed E-state index contributed by atoms with van der Waals surface area (Å²) in [5.74, 6) is 3.79. The summed E-state index contributed by atoms with van der Waals surface area (Å²) in [4.78, 5) is 7.78. The molecule has 6 heteroatoms. The van der Waals surface area contributed by atoms with E-state index in [0.717, 1.165) is 45.6 Å². The number of fused-ring (bicyclic) bond motifs is 2. The number of nitrogens with zero attached hydrogens (tertiary/aromatic N) is 1. The molecule has 116 valence electrons. The maximum absolute atomic E-state index is 5.42. The molecule has 3 aromatic rings. The fraction of sp³-hybridized carbons (Fsp3) is 0.118. The van der Waals surface area contributed by atoms with Crippen LogP contribution in [0.3, 0.4) is 0 Å². The fourth-order valence-electron chi connectivity index (χ4n) is 2.72. The normalized spacial score (nSPS) is 14.3. The number of benzene rings is 2. The lowest BCUT2D eigenvalue weighted by Gasteiger charge is -2.01. The lowest BCUT2D eigenvalue weighted by molar-refractivity contribution is 0.173. The van der Waals surface area contributed by atoms with Crippen LogP contribution < -0.4 is 18.9 Å². The maximum atomic E-state index is 5.42. The number of H-pyrrole nitrogens is 1. The molecule has 3 heterocycles. The van der Waals surface area contributed by atoms with Crippen LogP contribution in [0.1, 0.15) is 1.43 Å². The minimum Gasteiger partial charge on any atom is -0.454 e. The smallest absolute Gasteiger partial charge is 0.231 e. The zero-order chi connectivity index (χ0) is 15.2. The van der Waals surface area contributed by atoms with Gasteiger partial charge in [-0.2, -0.15) is 0 Å². The number of imidazole rings is 1. The van der Waals surface area contributed by atoms with Crippen molar-refractivity contribution in [2.45, 2.75) is 0 Å². The Labute approximate surface area is 133 Å². The third-order valence-electron chi connectivity index (χ3n) is 3.91. The van der Waals surface area contributed by atoms with Crippen molar-refractivity contribution in [1.29, 1.82) is 0 Å². The van der Waals surface area contributed by atoms with Crippen molar-refractivity contribution in [3.8, 4) is 45.6 Å². The van der Waals surface area contributed by atoms with Gasteiger partial charge in [0.05, 0.1) is 11.9 Å². The second-order valence-electron chi connectivity index (χ2n) is 5.28. The number of nitrogens with one attached hydrogen (secondary N) is 1. The molecule has 1 N–H and O–H groups in total. The molecular formula is C17H14N2O4. The quantitative estimate of drug-likeness (QED) is 0.785. The molecule has 0 aliphatic carbocycles. The van der Waals surface area contributed by atoms with E-state index in [4.69, 9.17) is 18.9 Å². The van der Waals surface area contributed by atoms with Crippen LogP contribution >= 0.6 is 0 Å². The molecular weight excluding hydrogens is 296 g/mol. The Morgan fingerprint density at radius 1 is 0.783 bits per heavy atom. The van der Waals surface area contributed by atoms with E-state index < -0.39 is 0 Å². The Balaban J connectivity index is 0.00000146. The molecule has 2 aliphatic heterocycles. The number of aromatic nitrogens is 2. The molecule has 0 saturated carbocycles. The molecule has 0 radical (unpaired) electrons. The lowest BCUT2D eigenvalue weighted by Crippen LogP contribution is -1.92. The molecule has 2 aliphatic rings. The largest absolute Gasteiger partial charge is 0.454 e. The molecule has 6 nitrogen and oxygen atoms in total. The standard InChI is InChI=1S/C17H12N2O4.H2/c1-3-13-15(22-8-20-13)5-10(1)12-7-18-17(19-12)11-2-4-14-16(6-11)23-9-21-14;/h1-7H,8-9H2,(H,18,19);1H. The molecule has 0 spiro atoms. The van der Waals surface area contributed by atoms with Gasteiger partial charge in [0.1, 0.15) is 5.82 Å². The van der Waals surface area contributed by atoms with Gasteiger partial charge in [-0.3, -0.25) is 0 Å². The molecule has 0 unspecified atom stereocenters. The van der Waals surface area contributed by atoms with Crippen LogP contribution in [0.5, 0.6) is 23.0 Å². The third-order valence-corrected chi connectivity index (χ3v) is 3.91. The maximum Gasteiger partial charge on any atom is 0.231 e. The minimum atomic E-state index is 0. The summed E-state index contributed by atoms with van der Waals surface area (Å²) in [5.41, 5.74) is 2.85. The van der Waals surface area contributed by atoms with Crippen molar-refractivity contribution in [3.63, 3.8) is 0 Å². The van der Waals surface area contributed by atoms with Crippen molar-refractivity contribution in [1.82, 2.24) is 9.97 Å². The molecule has 0 atom stereocenters. The first-order valence-corrected chi connectivity index (χ1v) is 7.22. The molecule has 23 heavy (non-hydrogen) atoms. The highest BCUT2D eigenvalue weighted by Gasteiger charge is 2.17. The first-order chi connectivity index (χ1) is 11.4. The Bertz CT molecular complexity index is 837. The predicted octanol–water partition coefficient (Wildman–Crippen LogP) is 3.45. The van der Waals surface area contributed by atoms with Gasteiger partial charge in [0.15, 0.2) is 23.0 Å². The summed E-state index contributed by atoms with van der Waals surface area (Å²) in [6, 6.07) is 11.6. The number of hydrogen-bond donors (Lipinski definition) is 1. The highest BCUT2D eigenvalue weighted by molar-refractivity contribution is 5.68. The number of ether oxygens (including phenoxy) is 4. The molecule has 0 bridgehead atoms. The van der Waals surface area contributed by atoms with Crippen LogP contribution in [0.4, 0.5) is 0 Å².